The number of carbonyl (C=O) groups excluding carboxylic acids is 1. The zero-order valence-electron chi connectivity index (χ0n) is 21.1. The number of aromatic nitrogens is 1. The molecule has 0 bridgehead atoms. The number of carbonyl (C=O) groups is 1. The highest BCUT2D eigenvalue weighted by Crippen LogP contribution is 2.39. The van der Waals surface area contributed by atoms with Gasteiger partial charge in [0.15, 0.2) is 17.3 Å². The van der Waals surface area contributed by atoms with Crippen molar-refractivity contribution < 1.29 is 23.7 Å². The minimum atomic E-state index is -0.0980. The highest BCUT2D eigenvalue weighted by Gasteiger charge is 2.21. The Morgan fingerprint density at radius 2 is 1.53 bits per heavy atom. The number of methoxy groups -OCH3 is 4. The van der Waals surface area contributed by atoms with Crippen LogP contribution in [-0.4, -0.2) is 64.3 Å². The van der Waals surface area contributed by atoms with Crippen LogP contribution in [0.4, 0.5) is 0 Å². The summed E-state index contributed by atoms with van der Waals surface area (Å²) in [7, 11) is 10.5. The molecular weight excluding hydrogens is 432 g/mol. The first-order valence-electron chi connectivity index (χ1n) is 11.6. The molecule has 0 spiro atoms. The van der Waals surface area contributed by atoms with Gasteiger partial charge in [-0.1, -0.05) is 12.8 Å². The second kappa shape index (κ2) is 11.8. The Bertz CT molecular complexity index is 1090. The van der Waals surface area contributed by atoms with E-state index in [1.807, 2.05) is 24.4 Å². The van der Waals surface area contributed by atoms with Gasteiger partial charge in [-0.3, -0.25) is 4.79 Å². The summed E-state index contributed by atoms with van der Waals surface area (Å²) in [5, 5.41) is 0.896. The van der Waals surface area contributed by atoms with E-state index in [-0.39, 0.29) is 5.78 Å². The topological polar surface area (TPSA) is 62.2 Å². The highest BCUT2D eigenvalue weighted by molar-refractivity contribution is 6.17. The van der Waals surface area contributed by atoms with E-state index in [4.69, 9.17) is 18.9 Å². The van der Waals surface area contributed by atoms with Gasteiger partial charge in [0.2, 0.25) is 5.75 Å². The third-order valence-electron chi connectivity index (χ3n) is 6.02. The zero-order valence-corrected chi connectivity index (χ0v) is 21.1. The number of fused-ring (bicyclic) bond motifs is 1. The van der Waals surface area contributed by atoms with Crippen LogP contribution in [-0.2, 0) is 6.54 Å². The summed E-state index contributed by atoms with van der Waals surface area (Å²) in [4.78, 5) is 15.9. The van der Waals surface area contributed by atoms with Crippen molar-refractivity contribution in [2.45, 2.75) is 32.2 Å². The Balaban J connectivity index is 1.92. The number of unbranched alkanes of at least 4 members (excludes halogenated alkanes) is 3. The summed E-state index contributed by atoms with van der Waals surface area (Å²) >= 11 is 0. The molecule has 0 saturated carbocycles. The van der Waals surface area contributed by atoms with E-state index in [1.54, 1.807) is 40.6 Å². The quantitative estimate of drug-likeness (QED) is 0.259. The Kier molecular flexibility index (Phi) is 8.82. The maximum atomic E-state index is 13.6. The molecule has 0 aliphatic rings. The Labute approximate surface area is 202 Å². The fraction of sp³-hybridized carbons (Fsp3) is 0.444. The molecule has 0 amide bonds. The lowest BCUT2D eigenvalue weighted by atomic mass is 10.0. The van der Waals surface area contributed by atoms with E-state index in [2.05, 4.69) is 23.6 Å². The molecule has 1 aromatic heterocycles. The second-order valence-electron chi connectivity index (χ2n) is 8.58. The van der Waals surface area contributed by atoms with E-state index >= 15 is 0 Å². The SMILES string of the molecule is COc1ccc2c(C(=O)c3cc(OC)c(OC)c(OC)c3)cn(CCCCCCN(C)C)c2c1. The van der Waals surface area contributed by atoms with Crippen LogP contribution < -0.4 is 18.9 Å². The fourth-order valence-corrected chi connectivity index (χ4v) is 4.20. The molecule has 3 rings (SSSR count). The van der Waals surface area contributed by atoms with E-state index in [0.29, 0.717) is 28.4 Å². The van der Waals surface area contributed by atoms with Crippen LogP contribution >= 0.6 is 0 Å². The molecule has 1 heterocycles. The van der Waals surface area contributed by atoms with Crippen molar-refractivity contribution in [3.05, 3.63) is 47.7 Å². The maximum Gasteiger partial charge on any atom is 0.203 e. The predicted octanol–water partition coefficient (Wildman–Crippen LogP) is 5.03. The summed E-state index contributed by atoms with van der Waals surface area (Å²) in [6, 6.07) is 9.22. The van der Waals surface area contributed by atoms with Gasteiger partial charge in [0.05, 0.1) is 34.0 Å². The molecule has 0 unspecified atom stereocenters. The largest absolute Gasteiger partial charge is 0.497 e. The van der Waals surface area contributed by atoms with E-state index in [0.717, 1.165) is 42.6 Å². The number of hydrogen-bond donors (Lipinski definition) is 0. The molecule has 7 heteroatoms. The third kappa shape index (κ3) is 5.65. The van der Waals surface area contributed by atoms with E-state index < -0.39 is 0 Å². The molecule has 0 fully saturated rings. The molecule has 0 aliphatic heterocycles. The number of nitrogens with zero attached hydrogens (tertiary/aromatic N) is 2. The van der Waals surface area contributed by atoms with Crippen molar-refractivity contribution in [3.63, 3.8) is 0 Å². The molecule has 0 N–H and O–H groups in total. The van der Waals surface area contributed by atoms with Gasteiger partial charge in [0, 0.05) is 35.3 Å². The van der Waals surface area contributed by atoms with Crippen molar-refractivity contribution in [1.29, 1.82) is 0 Å². The molecule has 7 nitrogen and oxygen atoms in total. The van der Waals surface area contributed by atoms with Crippen molar-refractivity contribution in [1.82, 2.24) is 9.47 Å². The fourth-order valence-electron chi connectivity index (χ4n) is 4.20. The lowest BCUT2D eigenvalue weighted by molar-refractivity contribution is 0.103. The first-order chi connectivity index (χ1) is 16.4. The maximum absolute atomic E-state index is 13.6. The Morgan fingerprint density at radius 1 is 0.853 bits per heavy atom. The van der Waals surface area contributed by atoms with Crippen LogP contribution in [0, 0.1) is 0 Å². The number of hydrogen-bond acceptors (Lipinski definition) is 6. The zero-order chi connectivity index (χ0) is 24.7. The molecule has 0 atom stereocenters. The highest BCUT2D eigenvalue weighted by atomic mass is 16.5. The van der Waals surface area contributed by atoms with Crippen molar-refractivity contribution >= 4 is 16.7 Å². The van der Waals surface area contributed by atoms with Crippen LogP contribution in [0.3, 0.4) is 0 Å². The Hall–Kier alpha value is -3.19. The van der Waals surface area contributed by atoms with Crippen LogP contribution in [0.15, 0.2) is 36.5 Å². The molecule has 0 aliphatic carbocycles. The van der Waals surface area contributed by atoms with Crippen LogP contribution in [0.25, 0.3) is 10.9 Å². The third-order valence-corrected chi connectivity index (χ3v) is 6.02. The van der Waals surface area contributed by atoms with E-state index in [9.17, 15) is 4.79 Å². The average Bonchev–Trinajstić information content (AvgIpc) is 3.21. The summed E-state index contributed by atoms with van der Waals surface area (Å²) in [6.07, 6.45) is 6.53. The normalized spacial score (nSPS) is 11.1. The number of ketones is 1. The van der Waals surface area contributed by atoms with Gasteiger partial charge in [0.1, 0.15) is 5.75 Å². The number of aryl methyl sites for hydroxylation is 1. The van der Waals surface area contributed by atoms with Crippen LogP contribution in [0.5, 0.6) is 23.0 Å². The number of ether oxygens (including phenoxy) is 4. The van der Waals surface area contributed by atoms with Crippen LogP contribution in [0.1, 0.15) is 41.6 Å². The number of benzene rings is 2. The smallest absolute Gasteiger partial charge is 0.203 e. The average molecular weight is 469 g/mol. The van der Waals surface area contributed by atoms with Crippen molar-refractivity contribution in [3.8, 4) is 23.0 Å². The molecular formula is C27H36N2O5. The molecule has 3 aromatic rings. The summed E-state index contributed by atoms with van der Waals surface area (Å²) in [5.41, 5.74) is 2.11. The first kappa shape index (κ1) is 25.4. The Morgan fingerprint density at radius 3 is 2.12 bits per heavy atom. The molecule has 0 saturated heterocycles. The van der Waals surface area contributed by atoms with Gasteiger partial charge in [-0.15, -0.1) is 0 Å². The standard InChI is InChI=1S/C27H36N2O5/c1-28(2)13-9-7-8-10-14-29-18-22(21-12-11-20(31-3)17-23(21)29)26(30)19-15-24(32-4)27(34-6)25(16-19)33-5/h11-12,15-18H,7-10,13-14H2,1-6H3. The molecule has 34 heavy (non-hydrogen) atoms. The minimum absolute atomic E-state index is 0.0980. The molecule has 0 radical (unpaired) electrons. The van der Waals surface area contributed by atoms with Gasteiger partial charge in [-0.2, -0.15) is 0 Å². The van der Waals surface area contributed by atoms with Gasteiger partial charge in [-0.25, -0.2) is 0 Å². The predicted molar refractivity (Wildman–Crippen MR) is 135 cm³/mol. The monoisotopic (exact) mass is 468 g/mol. The van der Waals surface area contributed by atoms with Crippen LogP contribution in [0.2, 0.25) is 0 Å². The molecule has 184 valence electrons. The van der Waals surface area contributed by atoms with Crippen molar-refractivity contribution in [2.24, 2.45) is 0 Å². The minimum Gasteiger partial charge on any atom is -0.497 e. The van der Waals surface area contributed by atoms with Gasteiger partial charge in [0.25, 0.3) is 0 Å². The summed E-state index contributed by atoms with van der Waals surface area (Å²) < 4.78 is 23.9. The summed E-state index contributed by atoms with van der Waals surface area (Å²) in [5.74, 6) is 2.04. The lowest BCUT2D eigenvalue weighted by Crippen LogP contribution is -2.12. The van der Waals surface area contributed by atoms with Gasteiger partial charge in [-0.05, 0) is 57.7 Å². The van der Waals surface area contributed by atoms with E-state index in [1.165, 1.54) is 12.8 Å². The second-order valence-corrected chi connectivity index (χ2v) is 8.58. The number of rotatable bonds is 13. The lowest BCUT2D eigenvalue weighted by Gasteiger charge is -2.13. The van der Waals surface area contributed by atoms with Crippen molar-refractivity contribution in [2.75, 3.05) is 49.1 Å². The molecule has 2 aromatic carbocycles. The first-order valence-corrected chi connectivity index (χ1v) is 11.6. The van der Waals surface area contributed by atoms with Gasteiger partial charge < -0.3 is 28.4 Å². The van der Waals surface area contributed by atoms with Gasteiger partial charge >= 0.3 is 0 Å². The summed E-state index contributed by atoms with van der Waals surface area (Å²) in [6.45, 7) is 1.95.